The van der Waals surface area contributed by atoms with Crippen molar-refractivity contribution in [3.63, 3.8) is 0 Å². The number of unbranched alkanes of at least 4 members (excludes halogenated alkanes) is 1. The molecule has 4 heteroatoms. The first kappa shape index (κ1) is 12.0. The van der Waals surface area contributed by atoms with E-state index >= 15 is 0 Å². The Morgan fingerprint density at radius 3 is 2.82 bits per heavy atom. The zero-order valence-corrected chi connectivity index (χ0v) is 10.6. The van der Waals surface area contributed by atoms with Crippen molar-refractivity contribution in [2.24, 2.45) is 0 Å². The molecule has 1 aromatic rings. The number of methoxy groups -OCH3 is 1. The third-order valence-electron chi connectivity index (χ3n) is 3.10. The summed E-state index contributed by atoms with van der Waals surface area (Å²) < 4.78 is 5.18. The van der Waals surface area contributed by atoms with Crippen LogP contribution in [0.5, 0.6) is 5.88 Å². The Kier molecular flexibility index (Phi) is 3.71. The molecule has 1 saturated carbocycles. The second-order valence-electron chi connectivity index (χ2n) is 4.55. The van der Waals surface area contributed by atoms with Crippen molar-refractivity contribution in [2.45, 2.75) is 38.6 Å². The van der Waals surface area contributed by atoms with Crippen LogP contribution in [0.15, 0.2) is 12.1 Å². The summed E-state index contributed by atoms with van der Waals surface area (Å²) >= 11 is 0. The van der Waals surface area contributed by atoms with Crippen molar-refractivity contribution in [3.05, 3.63) is 12.1 Å². The summed E-state index contributed by atoms with van der Waals surface area (Å²) in [6.45, 7) is 3.28. The zero-order valence-electron chi connectivity index (χ0n) is 10.6. The number of ether oxygens (including phenoxy) is 1. The summed E-state index contributed by atoms with van der Waals surface area (Å²) in [6, 6.07) is 4.54. The van der Waals surface area contributed by atoms with Crippen molar-refractivity contribution < 1.29 is 4.74 Å². The van der Waals surface area contributed by atoms with E-state index in [2.05, 4.69) is 16.8 Å². The Labute approximate surface area is 103 Å². The van der Waals surface area contributed by atoms with Crippen molar-refractivity contribution in [2.75, 3.05) is 24.3 Å². The van der Waals surface area contributed by atoms with Crippen LogP contribution >= 0.6 is 0 Å². The smallest absolute Gasteiger partial charge is 0.238 e. The summed E-state index contributed by atoms with van der Waals surface area (Å²) in [5.74, 6) is 1.52. The molecule has 2 rings (SSSR count). The van der Waals surface area contributed by atoms with E-state index in [1.165, 1.54) is 25.7 Å². The van der Waals surface area contributed by atoms with Crippen LogP contribution in [-0.4, -0.2) is 24.7 Å². The topological polar surface area (TPSA) is 51.4 Å². The van der Waals surface area contributed by atoms with Crippen LogP contribution in [0.3, 0.4) is 0 Å². The second kappa shape index (κ2) is 5.25. The minimum atomic E-state index is 0.532. The Bertz CT molecular complexity index is 377. The number of anilines is 2. The van der Waals surface area contributed by atoms with E-state index in [4.69, 9.17) is 10.5 Å². The van der Waals surface area contributed by atoms with E-state index in [1.54, 1.807) is 7.11 Å². The van der Waals surface area contributed by atoms with E-state index < -0.39 is 0 Å². The summed E-state index contributed by atoms with van der Waals surface area (Å²) in [5.41, 5.74) is 6.39. The lowest BCUT2D eigenvalue weighted by Gasteiger charge is -2.23. The third-order valence-corrected chi connectivity index (χ3v) is 3.10. The van der Waals surface area contributed by atoms with Gasteiger partial charge in [0.15, 0.2) is 0 Å². The van der Waals surface area contributed by atoms with Crippen molar-refractivity contribution >= 4 is 11.5 Å². The van der Waals surface area contributed by atoms with Crippen LogP contribution in [0.1, 0.15) is 32.6 Å². The van der Waals surface area contributed by atoms with Crippen molar-refractivity contribution in [1.82, 2.24) is 4.98 Å². The molecule has 0 saturated heterocycles. The molecule has 17 heavy (non-hydrogen) atoms. The first-order valence-corrected chi connectivity index (χ1v) is 6.33. The number of nitrogens with two attached hydrogens (primary N) is 1. The van der Waals surface area contributed by atoms with Crippen LogP contribution in [0.2, 0.25) is 0 Å². The number of aromatic nitrogens is 1. The largest absolute Gasteiger partial charge is 0.479 e. The fourth-order valence-electron chi connectivity index (χ4n) is 1.96. The second-order valence-corrected chi connectivity index (χ2v) is 4.55. The highest BCUT2D eigenvalue weighted by Gasteiger charge is 2.29. The maximum Gasteiger partial charge on any atom is 0.238 e. The number of hydrogen-bond acceptors (Lipinski definition) is 4. The lowest BCUT2D eigenvalue weighted by Crippen LogP contribution is -2.27. The molecule has 0 aromatic carbocycles. The van der Waals surface area contributed by atoms with Gasteiger partial charge in [-0.25, -0.2) is 0 Å². The highest BCUT2D eigenvalue weighted by molar-refractivity contribution is 5.55. The molecule has 0 radical (unpaired) electrons. The van der Waals surface area contributed by atoms with Gasteiger partial charge in [0, 0.05) is 12.6 Å². The molecule has 0 amide bonds. The highest BCUT2D eigenvalue weighted by Crippen LogP contribution is 2.32. The molecule has 4 nitrogen and oxygen atoms in total. The van der Waals surface area contributed by atoms with Gasteiger partial charge < -0.3 is 15.4 Å². The van der Waals surface area contributed by atoms with Gasteiger partial charge >= 0.3 is 0 Å². The van der Waals surface area contributed by atoms with E-state index in [9.17, 15) is 0 Å². The first-order valence-electron chi connectivity index (χ1n) is 6.33. The lowest BCUT2D eigenvalue weighted by molar-refractivity contribution is 0.400. The average molecular weight is 235 g/mol. The molecule has 0 atom stereocenters. The summed E-state index contributed by atoms with van der Waals surface area (Å²) in [6.07, 6.45) is 4.95. The molecule has 0 bridgehead atoms. The molecule has 0 spiro atoms. The Morgan fingerprint density at radius 1 is 1.47 bits per heavy atom. The molecule has 1 aromatic heterocycles. The van der Waals surface area contributed by atoms with Gasteiger partial charge in [-0.2, -0.15) is 4.98 Å². The summed E-state index contributed by atoms with van der Waals surface area (Å²) in [7, 11) is 1.61. The monoisotopic (exact) mass is 235 g/mol. The number of nitrogens with zero attached hydrogens (tertiary/aromatic N) is 2. The van der Waals surface area contributed by atoms with Crippen LogP contribution in [0, 0.1) is 0 Å². The minimum Gasteiger partial charge on any atom is -0.479 e. The number of pyridine rings is 1. The maximum atomic E-state index is 5.79. The molecule has 0 unspecified atom stereocenters. The minimum absolute atomic E-state index is 0.532. The summed E-state index contributed by atoms with van der Waals surface area (Å²) in [5, 5.41) is 0. The van der Waals surface area contributed by atoms with Gasteiger partial charge in [0.25, 0.3) is 0 Å². The number of hydrogen-bond donors (Lipinski definition) is 1. The SMILES string of the molecule is CCCCN(c1ccc(N)c(OC)n1)C1CC1. The lowest BCUT2D eigenvalue weighted by atomic mass is 10.3. The standard InChI is InChI=1S/C13H21N3O/c1-3-4-9-16(10-5-6-10)12-8-7-11(14)13(15-12)17-2/h7-8,10H,3-6,9,14H2,1-2H3. The van der Waals surface area contributed by atoms with Crippen molar-refractivity contribution in [1.29, 1.82) is 0 Å². The van der Waals surface area contributed by atoms with Gasteiger partial charge in [0.1, 0.15) is 5.82 Å². The quantitative estimate of drug-likeness (QED) is 0.822. The number of nitrogen functional groups attached to an aromatic ring is 1. The van der Waals surface area contributed by atoms with Gasteiger partial charge in [0.2, 0.25) is 5.88 Å². The van der Waals surface area contributed by atoms with E-state index in [-0.39, 0.29) is 0 Å². The Morgan fingerprint density at radius 2 is 2.24 bits per heavy atom. The molecule has 2 N–H and O–H groups in total. The molecule has 1 heterocycles. The van der Waals surface area contributed by atoms with Gasteiger partial charge in [-0.05, 0) is 31.4 Å². The van der Waals surface area contributed by atoms with E-state index in [0.29, 0.717) is 17.6 Å². The fourth-order valence-corrected chi connectivity index (χ4v) is 1.96. The van der Waals surface area contributed by atoms with Crippen LogP contribution in [0.4, 0.5) is 11.5 Å². The molecule has 94 valence electrons. The zero-order chi connectivity index (χ0) is 12.3. The van der Waals surface area contributed by atoms with Gasteiger partial charge in [0.05, 0.1) is 12.8 Å². The van der Waals surface area contributed by atoms with Gasteiger partial charge in [-0.3, -0.25) is 0 Å². The van der Waals surface area contributed by atoms with E-state index in [0.717, 1.165) is 12.4 Å². The normalized spacial score (nSPS) is 14.7. The first-order chi connectivity index (χ1) is 8.26. The van der Waals surface area contributed by atoms with Crippen LogP contribution in [0.25, 0.3) is 0 Å². The van der Waals surface area contributed by atoms with Gasteiger partial charge in [-0.15, -0.1) is 0 Å². The molecule has 0 aliphatic heterocycles. The predicted molar refractivity (Wildman–Crippen MR) is 70.5 cm³/mol. The summed E-state index contributed by atoms with van der Waals surface area (Å²) in [4.78, 5) is 6.86. The molecular formula is C13H21N3O. The van der Waals surface area contributed by atoms with Gasteiger partial charge in [-0.1, -0.05) is 13.3 Å². The van der Waals surface area contributed by atoms with E-state index in [1.807, 2.05) is 12.1 Å². The highest BCUT2D eigenvalue weighted by atomic mass is 16.5. The molecule has 1 fully saturated rings. The average Bonchev–Trinajstić information content (AvgIpc) is 3.16. The third kappa shape index (κ3) is 2.81. The fraction of sp³-hybridized carbons (Fsp3) is 0.615. The molecular weight excluding hydrogens is 214 g/mol. The Hall–Kier alpha value is -1.45. The Balaban J connectivity index is 2.16. The predicted octanol–water partition coefficient (Wildman–Crippen LogP) is 2.44. The van der Waals surface area contributed by atoms with Crippen LogP contribution < -0.4 is 15.4 Å². The van der Waals surface area contributed by atoms with Crippen LogP contribution in [-0.2, 0) is 0 Å². The number of rotatable bonds is 6. The molecule has 1 aliphatic rings. The molecule has 1 aliphatic carbocycles. The van der Waals surface area contributed by atoms with Crippen molar-refractivity contribution in [3.8, 4) is 5.88 Å². The maximum absolute atomic E-state index is 5.79.